The Kier molecular flexibility index (Phi) is 3.37. The van der Waals surface area contributed by atoms with Crippen molar-refractivity contribution in [1.82, 2.24) is 0 Å². The molecular formula is C15H19BrO2. The lowest BCUT2D eigenvalue weighted by molar-refractivity contribution is 0.135. The predicted octanol–water partition coefficient (Wildman–Crippen LogP) is 3.41. The van der Waals surface area contributed by atoms with Gasteiger partial charge in [-0.2, -0.15) is 0 Å². The van der Waals surface area contributed by atoms with Gasteiger partial charge in [0.2, 0.25) is 0 Å². The quantitative estimate of drug-likeness (QED) is 0.923. The summed E-state index contributed by atoms with van der Waals surface area (Å²) in [7, 11) is 1.68. The third kappa shape index (κ3) is 2.19. The Morgan fingerprint density at radius 3 is 2.78 bits per heavy atom. The van der Waals surface area contributed by atoms with Gasteiger partial charge in [-0.1, -0.05) is 22.4 Å². The van der Waals surface area contributed by atoms with E-state index in [1.54, 1.807) is 7.11 Å². The number of methoxy groups -OCH3 is 1. The third-order valence-corrected chi connectivity index (χ3v) is 5.37. The molecule has 0 aliphatic heterocycles. The summed E-state index contributed by atoms with van der Waals surface area (Å²) in [4.78, 5) is 0. The molecule has 0 amide bonds. The van der Waals surface area contributed by atoms with Gasteiger partial charge in [-0.25, -0.2) is 0 Å². The van der Waals surface area contributed by atoms with E-state index in [9.17, 15) is 5.11 Å². The van der Waals surface area contributed by atoms with E-state index >= 15 is 0 Å². The number of fused-ring (bicyclic) bond motifs is 1. The summed E-state index contributed by atoms with van der Waals surface area (Å²) in [6, 6.07) is 5.95. The lowest BCUT2D eigenvalue weighted by atomic mass is 9.99. The summed E-state index contributed by atoms with van der Waals surface area (Å²) in [5, 5.41) is 10.4. The molecule has 0 heterocycles. The second-order valence-corrected chi connectivity index (χ2v) is 6.42. The molecule has 98 valence electrons. The number of ether oxygens (including phenoxy) is 1. The maximum Gasteiger partial charge on any atom is 0.119 e. The Balaban J connectivity index is 1.68. The molecule has 1 N–H and O–H groups in total. The van der Waals surface area contributed by atoms with Crippen molar-refractivity contribution in [2.24, 2.45) is 17.8 Å². The normalized spacial score (nSPS) is 30.9. The monoisotopic (exact) mass is 310 g/mol. The molecule has 0 spiro atoms. The van der Waals surface area contributed by atoms with Crippen LogP contribution in [0.25, 0.3) is 0 Å². The topological polar surface area (TPSA) is 29.5 Å². The first-order valence-corrected chi connectivity index (χ1v) is 7.50. The minimum Gasteiger partial charge on any atom is -0.497 e. The minimum atomic E-state index is -0.191. The highest BCUT2D eigenvalue weighted by Crippen LogP contribution is 2.59. The molecule has 0 radical (unpaired) electrons. The number of benzene rings is 1. The van der Waals surface area contributed by atoms with E-state index in [0.717, 1.165) is 34.0 Å². The van der Waals surface area contributed by atoms with Crippen molar-refractivity contribution in [3.63, 3.8) is 0 Å². The molecule has 1 aromatic carbocycles. The molecule has 2 saturated carbocycles. The van der Waals surface area contributed by atoms with Crippen LogP contribution in [0.1, 0.15) is 24.8 Å². The second kappa shape index (κ2) is 4.86. The molecule has 0 saturated heterocycles. The average molecular weight is 311 g/mol. The lowest BCUT2D eigenvalue weighted by Crippen LogP contribution is -2.16. The van der Waals surface area contributed by atoms with E-state index in [-0.39, 0.29) is 6.10 Å². The fourth-order valence-electron chi connectivity index (χ4n) is 3.64. The van der Waals surface area contributed by atoms with Crippen molar-refractivity contribution in [2.45, 2.75) is 31.8 Å². The summed E-state index contributed by atoms with van der Waals surface area (Å²) in [5.41, 5.74) is 1.15. The number of hydrogen-bond acceptors (Lipinski definition) is 2. The Morgan fingerprint density at radius 2 is 2.11 bits per heavy atom. The predicted molar refractivity (Wildman–Crippen MR) is 74.7 cm³/mol. The standard InChI is InChI=1S/C15H19BrO2/c1-18-10-5-6-13(16)9(7-10)8-14(17)15-11-3-2-4-12(11)15/h5-7,11-12,14-15,17H,2-4,8H2,1H3. The van der Waals surface area contributed by atoms with Gasteiger partial charge in [-0.3, -0.25) is 0 Å². The van der Waals surface area contributed by atoms with E-state index < -0.39 is 0 Å². The summed E-state index contributed by atoms with van der Waals surface area (Å²) >= 11 is 3.55. The van der Waals surface area contributed by atoms with E-state index in [4.69, 9.17) is 4.74 Å². The molecular weight excluding hydrogens is 292 g/mol. The van der Waals surface area contributed by atoms with Crippen LogP contribution in [0.5, 0.6) is 5.75 Å². The molecule has 1 aromatic rings. The van der Waals surface area contributed by atoms with Crippen LogP contribution < -0.4 is 4.74 Å². The molecule has 3 rings (SSSR count). The van der Waals surface area contributed by atoms with Gasteiger partial charge in [0.1, 0.15) is 5.75 Å². The fraction of sp³-hybridized carbons (Fsp3) is 0.600. The van der Waals surface area contributed by atoms with Gasteiger partial charge < -0.3 is 9.84 Å². The highest BCUT2D eigenvalue weighted by molar-refractivity contribution is 9.10. The van der Waals surface area contributed by atoms with E-state index in [1.807, 2.05) is 18.2 Å². The van der Waals surface area contributed by atoms with Crippen LogP contribution in [0.15, 0.2) is 22.7 Å². The lowest BCUT2D eigenvalue weighted by Gasteiger charge is -2.14. The number of halogens is 1. The largest absolute Gasteiger partial charge is 0.497 e. The van der Waals surface area contributed by atoms with Crippen LogP contribution in [0.3, 0.4) is 0 Å². The summed E-state index contributed by atoms with van der Waals surface area (Å²) in [6.45, 7) is 0. The van der Waals surface area contributed by atoms with Gasteiger partial charge in [-0.15, -0.1) is 0 Å². The zero-order valence-corrected chi connectivity index (χ0v) is 12.2. The van der Waals surface area contributed by atoms with Crippen molar-refractivity contribution in [2.75, 3.05) is 7.11 Å². The van der Waals surface area contributed by atoms with Crippen molar-refractivity contribution >= 4 is 15.9 Å². The molecule has 3 atom stereocenters. The fourth-order valence-corrected chi connectivity index (χ4v) is 4.05. The van der Waals surface area contributed by atoms with Crippen molar-refractivity contribution in [1.29, 1.82) is 0 Å². The van der Waals surface area contributed by atoms with E-state index in [0.29, 0.717) is 5.92 Å². The van der Waals surface area contributed by atoms with Gasteiger partial charge in [0.25, 0.3) is 0 Å². The summed E-state index contributed by atoms with van der Waals surface area (Å²) < 4.78 is 6.30. The number of aliphatic hydroxyl groups is 1. The highest BCUT2D eigenvalue weighted by atomic mass is 79.9. The van der Waals surface area contributed by atoms with Crippen LogP contribution in [0, 0.1) is 17.8 Å². The van der Waals surface area contributed by atoms with Gasteiger partial charge >= 0.3 is 0 Å². The first kappa shape index (κ1) is 12.5. The van der Waals surface area contributed by atoms with Gasteiger partial charge in [0, 0.05) is 4.47 Å². The first-order valence-electron chi connectivity index (χ1n) is 6.71. The molecule has 3 unspecified atom stereocenters. The maximum atomic E-state index is 10.4. The van der Waals surface area contributed by atoms with E-state index in [1.165, 1.54) is 19.3 Å². The molecule has 2 nitrogen and oxygen atoms in total. The Bertz CT molecular complexity index is 436. The molecule has 18 heavy (non-hydrogen) atoms. The van der Waals surface area contributed by atoms with Gasteiger partial charge in [0.05, 0.1) is 13.2 Å². The van der Waals surface area contributed by atoms with Crippen LogP contribution >= 0.6 is 15.9 Å². The second-order valence-electron chi connectivity index (χ2n) is 5.56. The smallest absolute Gasteiger partial charge is 0.119 e. The van der Waals surface area contributed by atoms with Crippen LogP contribution in [-0.4, -0.2) is 18.3 Å². The zero-order valence-electron chi connectivity index (χ0n) is 10.6. The Labute approximate surface area is 116 Å². The van der Waals surface area contributed by atoms with Crippen molar-refractivity contribution in [3.8, 4) is 5.75 Å². The van der Waals surface area contributed by atoms with Crippen molar-refractivity contribution < 1.29 is 9.84 Å². The van der Waals surface area contributed by atoms with Crippen molar-refractivity contribution in [3.05, 3.63) is 28.2 Å². The minimum absolute atomic E-state index is 0.191. The Morgan fingerprint density at radius 1 is 1.39 bits per heavy atom. The van der Waals surface area contributed by atoms with Gasteiger partial charge in [-0.05, 0) is 60.8 Å². The zero-order chi connectivity index (χ0) is 12.7. The van der Waals surface area contributed by atoms with Gasteiger partial charge in [0.15, 0.2) is 0 Å². The molecule has 2 aliphatic rings. The van der Waals surface area contributed by atoms with Crippen LogP contribution in [0.4, 0.5) is 0 Å². The molecule has 3 heteroatoms. The molecule has 2 fully saturated rings. The first-order chi connectivity index (χ1) is 8.70. The maximum absolute atomic E-state index is 10.4. The number of rotatable bonds is 4. The molecule has 0 aromatic heterocycles. The molecule has 2 aliphatic carbocycles. The van der Waals surface area contributed by atoms with E-state index in [2.05, 4.69) is 15.9 Å². The highest BCUT2D eigenvalue weighted by Gasteiger charge is 2.55. The van der Waals surface area contributed by atoms with Crippen LogP contribution in [0.2, 0.25) is 0 Å². The third-order valence-electron chi connectivity index (χ3n) is 4.60. The number of aliphatic hydroxyl groups excluding tert-OH is 1. The number of hydrogen-bond donors (Lipinski definition) is 1. The summed E-state index contributed by atoms with van der Waals surface area (Å²) in [6.07, 6.45) is 4.55. The Hall–Kier alpha value is -0.540. The SMILES string of the molecule is COc1ccc(Br)c(CC(O)C2C3CCCC32)c1. The van der Waals surface area contributed by atoms with Crippen LogP contribution in [-0.2, 0) is 6.42 Å². The summed E-state index contributed by atoms with van der Waals surface area (Å²) in [5.74, 6) is 3.03. The molecule has 0 bridgehead atoms. The average Bonchev–Trinajstić information content (AvgIpc) is 2.86.